The summed E-state index contributed by atoms with van der Waals surface area (Å²) < 4.78 is 6.66. The average molecular weight is 280 g/mol. The minimum Gasteiger partial charge on any atom is -0.409 e. The van der Waals surface area contributed by atoms with Crippen molar-refractivity contribution in [3.8, 4) is 0 Å². The summed E-state index contributed by atoms with van der Waals surface area (Å²) in [5.41, 5.74) is 6.05. The Bertz CT molecular complexity index is 583. The fraction of sp³-hybridized carbons (Fsp3) is 0.500. The first-order chi connectivity index (χ1) is 9.76. The van der Waals surface area contributed by atoms with E-state index in [9.17, 15) is 0 Å². The number of tetrazole rings is 1. The number of oxime groups is 1. The van der Waals surface area contributed by atoms with E-state index < -0.39 is 0 Å². The van der Waals surface area contributed by atoms with Crippen molar-refractivity contribution in [3.05, 3.63) is 12.4 Å². The van der Waals surface area contributed by atoms with E-state index in [1.54, 1.807) is 24.0 Å². The molecule has 0 unspecified atom stereocenters. The molecule has 0 saturated carbocycles. The molecular weight excluding hydrogens is 264 g/mol. The lowest BCUT2D eigenvalue weighted by Crippen LogP contribution is -2.32. The Morgan fingerprint density at radius 1 is 1.50 bits per heavy atom. The highest BCUT2D eigenvalue weighted by molar-refractivity contribution is 5.80. The van der Waals surface area contributed by atoms with Crippen molar-refractivity contribution in [2.75, 3.05) is 31.7 Å². The fourth-order valence-corrected chi connectivity index (χ4v) is 1.72. The van der Waals surface area contributed by atoms with Crippen LogP contribution >= 0.6 is 0 Å². The molecule has 0 amide bonds. The van der Waals surface area contributed by atoms with Crippen LogP contribution in [0.3, 0.4) is 0 Å². The molecule has 0 aliphatic carbocycles. The number of ether oxygens (including phenoxy) is 1. The van der Waals surface area contributed by atoms with Crippen LogP contribution in [0.2, 0.25) is 0 Å². The smallest absolute Gasteiger partial charge is 0.199 e. The largest absolute Gasteiger partial charge is 0.409 e. The van der Waals surface area contributed by atoms with Gasteiger partial charge in [-0.3, -0.25) is 4.98 Å². The van der Waals surface area contributed by atoms with Crippen LogP contribution in [0, 0.1) is 0 Å². The minimum absolute atomic E-state index is 0.157. The van der Waals surface area contributed by atoms with Crippen LogP contribution in [0.15, 0.2) is 17.5 Å². The third-order valence-electron chi connectivity index (χ3n) is 2.75. The first-order valence-corrected chi connectivity index (χ1v) is 5.98. The van der Waals surface area contributed by atoms with E-state index in [2.05, 4.69) is 25.7 Å². The van der Waals surface area contributed by atoms with Crippen LogP contribution < -0.4 is 10.6 Å². The molecule has 2 aromatic rings. The van der Waals surface area contributed by atoms with E-state index in [-0.39, 0.29) is 5.84 Å². The SMILES string of the molecule is COCCN(CCC(N)=NO)c1cncc2nnnn12. The Balaban J connectivity index is 2.22. The molecule has 0 spiro atoms. The van der Waals surface area contributed by atoms with E-state index in [1.165, 1.54) is 0 Å². The standard InChI is InChI=1S/C10H16N8O2/c1-20-5-4-17(3-2-8(11)14-19)10-7-12-6-9-13-15-16-18(9)10/h6-7,19H,2-5H2,1H3,(H2,11,14). The predicted octanol–water partition coefficient (Wildman–Crippen LogP) is -0.891. The van der Waals surface area contributed by atoms with Crippen molar-refractivity contribution in [3.63, 3.8) is 0 Å². The van der Waals surface area contributed by atoms with Gasteiger partial charge in [-0.15, -0.1) is 5.10 Å². The van der Waals surface area contributed by atoms with Gasteiger partial charge in [0.2, 0.25) is 0 Å². The summed E-state index contributed by atoms with van der Waals surface area (Å²) >= 11 is 0. The third-order valence-corrected chi connectivity index (χ3v) is 2.75. The molecule has 0 fully saturated rings. The Labute approximate surface area is 114 Å². The van der Waals surface area contributed by atoms with Gasteiger partial charge in [-0.1, -0.05) is 5.16 Å². The van der Waals surface area contributed by atoms with Gasteiger partial charge in [0.05, 0.1) is 19.0 Å². The fourth-order valence-electron chi connectivity index (χ4n) is 1.72. The number of anilines is 1. The molecule has 2 aromatic heterocycles. The number of fused-ring (bicyclic) bond motifs is 1. The van der Waals surface area contributed by atoms with Gasteiger partial charge in [-0.25, -0.2) is 0 Å². The molecule has 2 heterocycles. The summed E-state index contributed by atoms with van der Waals surface area (Å²) in [5, 5.41) is 22.9. The topological polar surface area (TPSA) is 127 Å². The maximum Gasteiger partial charge on any atom is 0.199 e. The first-order valence-electron chi connectivity index (χ1n) is 5.98. The van der Waals surface area contributed by atoms with Gasteiger partial charge < -0.3 is 20.6 Å². The van der Waals surface area contributed by atoms with E-state index in [0.29, 0.717) is 31.8 Å². The van der Waals surface area contributed by atoms with Crippen LogP contribution in [0.1, 0.15) is 6.42 Å². The number of amidine groups is 1. The number of aromatic nitrogens is 5. The Morgan fingerprint density at radius 3 is 3.10 bits per heavy atom. The molecule has 3 N–H and O–H groups in total. The van der Waals surface area contributed by atoms with Gasteiger partial charge >= 0.3 is 0 Å². The molecule has 2 rings (SSSR count). The van der Waals surface area contributed by atoms with Gasteiger partial charge in [-0.05, 0) is 10.4 Å². The summed E-state index contributed by atoms with van der Waals surface area (Å²) in [6.45, 7) is 1.66. The zero-order valence-electron chi connectivity index (χ0n) is 11.0. The van der Waals surface area contributed by atoms with Crippen LogP contribution in [0.25, 0.3) is 5.65 Å². The predicted molar refractivity (Wildman–Crippen MR) is 70.7 cm³/mol. The van der Waals surface area contributed by atoms with Crippen molar-refractivity contribution in [2.45, 2.75) is 6.42 Å². The maximum atomic E-state index is 8.60. The lowest BCUT2D eigenvalue weighted by Gasteiger charge is -2.23. The molecular formula is C10H16N8O2. The molecule has 10 heteroatoms. The van der Waals surface area contributed by atoms with Gasteiger partial charge in [0, 0.05) is 26.6 Å². The molecule has 0 aromatic carbocycles. The number of hydrogen-bond acceptors (Lipinski definition) is 8. The number of methoxy groups -OCH3 is 1. The Hall–Kier alpha value is -2.49. The van der Waals surface area contributed by atoms with E-state index >= 15 is 0 Å². The van der Waals surface area contributed by atoms with Crippen molar-refractivity contribution in [1.82, 2.24) is 25.0 Å². The second-order valence-corrected chi connectivity index (χ2v) is 4.04. The van der Waals surface area contributed by atoms with Gasteiger partial charge in [0.25, 0.3) is 0 Å². The second-order valence-electron chi connectivity index (χ2n) is 4.04. The highest BCUT2D eigenvalue weighted by Crippen LogP contribution is 2.13. The summed E-state index contributed by atoms with van der Waals surface area (Å²) in [4.78, 5) is 6.06. The zero-order chi connectivity index (χ0) is 14.4. The van der Waals surface area contributed by atoms with Crippen molar-refractivity contribution >= 4 is 17.3 Å². The van der Waals surface area contributed by atoms with Gasteiger partial charge in [-0.2, -0.15) is 4.52 Å². The van der Waals surface area contributed by atoms with E-state index in [4.69, 9.17) is 15.7 Å². The van der Waals surface area contributed by atoms with Gasteiger partial charge in [0.1, 0.15) is 5.84 Å². The molecule has 0 saturated heterocycles. The molecule has 10 nitrogen and oxygen atoms in total. The highest BCUT2D eigenvalue weighted by Gasteiger charge is 2.13. The van der Waals surface area contributed by atoms with E-state index in [0.717, 1.165) is 5.82 Å². The normalized spacial score (nSPS) is 11.9. The number of nitrogens with zero attached hydrogens (tertiary/aromatic N) is 7. The number of hydrogen-bond donors (Lipinski definition) is 2. The van der Waals surface area contributed by atoms with Crippen LogP contribution in [0.5, 0.6) is 0 Å². The Kier molecular flexibility index (Phi) is 4.60. The molecule has 20 heavy (non-hydrogen) atoms. The Morgan fingerprint density at radius 2 is 2.35 bits per heavy atom. The summed E-state index contributed by atoms with van der Waals surface area (Å²) in [5.74, 6) is 0.875. The van der Waals surface area contributed by atoms with Crippen molar-refractivity contribution in [1.29, 1.82) is 0 Å². The molecule has 0 radical (unpaired) electrons. The maximum absolute atomic E-state index is 8.60. The van der Waals surface area contributed by atoms with Crippen molar-refractivity contribution < 1.29 is 9.94 Å². The average Bonchev–Trinajstić information content (AvgIpc) is 2.95. The lowest BCUT2D eigenvalue weighted by molar-refractivity contribution is 0.205. The molecule has 0 aliphatic rings. The van der Waals surface area contributed by atoms with Crippen molar-refractivity contribution in [2.24, 2.45) is 10.9 Å². The number of nitrogens with two attached hydrogens (primary N) is 1. The summed E-state index contributed by atoms with van der Waals surface area (Å²) in [6, 6.07) is 0. The van der Waals surface area contributed by atoms with Crippen LogP contribution in [-0.2, 0) is 4.74 Å². The van der Waals surface area contributed by atoms with E-state index in [1.807, 2.05) is 4.90 Å². The quantitative estimate of drug-likeness (QED) is 0.289. The van der Waals surface area contributed by atoms with Gasteiger partial charge in [0.15, 0.2) is 11.5 Å². The number of rotatable bonds is 7. The highest BCUT2D eigenvalue weighted by atomic mass is 16.5. The second kappa shape index (κ2) is 6.61. The first kappa shape index (κ1) is 13.9. The molecule has 0 bridgehead atoms. The van der Waals surface area contributed by atoms with Crippen LogP contribution in [-0.4, -0.2) is 62.9 Å². The zero-order valence-corrected chi connectivity index (χ0v) is 11.0. The third kappa shape index (κ3) is 3.09. The summed E-state index contributed by atoms with van der Waals surface area (Å²) in [7, 11) is 1.62. The molecule has 0 atom stereocenters. The monoisotopic (exact) mass is 280 g/mol. The molecule has 108 valence electrons. The molecule has 0 aliphatic heterocycles. The lowest BCUT2D eigenvalue weighted by atomic mass is 10.3. The minimum atomic E-state index is 0.157. The summed E-state index contributed by atoms with van der Waals surface area (Å²) in [6.07, 6.45) is 3.63. The van der Waals surface area contributed by atoms with Crippen LogP contribution in [0.4, 0.5) is 5.82 Å².